The van der Waals surface area contributed by atoms with Gasteiger partial charge in [0, 0.05) is 154 Å². The summed E-state index contributed by atoms with van der Waals surface area (Å²) in [6, 6.07) is 60.1. The number of benzene rings is 9. The van der Waals surface area contributed by atoms with E-state index in [-0.39, 0.29) is 96.8 Å². The largest absolute Gasteiger partial charge is 0.478 e. The van der Waals surface area contributed by atoms with Gasteiger partial charge in [-0.05, 0) is 311 Å². The van der Waals surface area contributed by atoms with Gasteiger partial charge in [0.05, 0.1) is 22.4 Å². The van der Waals surface area contributed by atoms with Crippen LogP contribution in [0.2, 0.25) is 0 Å². The van der Waals surface area contributed by atoms with Crippen molar-refractivity contribution in [1.82, 2.24) is 25.8 Å². The molecule has 0 saturated carbocycles. The molecule has 9 aromatic carbocycles. The Bertz CT molecular complexity index is 5210. The predicted molar refractivity (Wildman–Crippen MR) is 523 cm³/mol. The molecule has 3 unspecified atom stereocenters. The second-order valence-corrected chi connectivity index (χ2v) is 36.7. The van der Waals surface area contributed by atoms with Crippen molar-refractivity contribution in [2.45, 2.75) is 226 Å². The van der Waals surface area contributed by atoms with Crippen LogP contribution in [0.3, 0.4) is 0 Å². The molecular formula is C109H142BF3N6O14U. The molecule has 9 N–H and O–H groups in total. The second kappa shape index (κ2) is 54.5. The van der Waals surface area contributed by atoms with Gasteiger partial charge in [0.25, 0.3) is 11.8 Å². The van der Waals surface area contributed by atoms with Crippen LogP contribution >= 0.6 is 0 Å². The molecule has 20 nitrogen and oxygen atoms in total. The van der Waals surface area contributed by atoms with E-state index in [1.54, 1.807) is 105 Å². The Kier molecular flexibility index (Phi) is 44.6. The summed E-state index contributed by atoms with van der Waals surface area (Å²) in [5.74, 6) is -2.22. The zero-order valence-electron chi connectivity index (χ0n) is 81.6. The fourth-order valence-electron chi connectivity index (χ4n) is 18.2. The van der Waals surface area contributed by atoms with E-state index in [1.165, 1.54) is 35.9 Å². The molecule has 3 aliphatic rings. The van der Waals surface area contributed by atoms with Gasteiger partial charge in [-0.3, -0.25) is 9.59 Å². The number of unbranched alkanes of at least 4 members (excludes halogenated alkanes) is 3. The molecule has 3 fully saturated rings. The van der Waals surface area contributed by atoms with E-state index in [4.69, 9.17) is 35.9 Å². The third-order valence-corrected chi connectivity index (χ3v) is 25.1. The number of piperidine rings is 3. The summed E-state index contributed by atoms with van der Waals surface area (Å²) >= 11 is 0. The molecule has 3 saturated heterocycles. The van der Waals surface area contributed by atoms with E-state index in [1.807, 2.05) is 125 Å². The normalized spacial score (nSPS) is 15.1. The topological polar surface area (TPSA) is 281 Å². The van der Waals surface area contributed by atoms with Gasteiger partial charge in [-0.15, -0.1) is 0 Å². The number of alkyl carbamates (subject to hydrolysis) is 2. The summed E-state index contributed by atoms with van der Waals surface area (Å²) in [5.41, 5.74) is 14.1. The zero-order chi connectivity index (χ0) is 97.6. The van der Waals surface area contributed by atoms with Crippen molar-refractivity contribution in [3.8, 4) is 33.4 Å². The van der Waals surface area contributed by atoms with Gasteiger partial charge in [0.1, 0.15) is 28.7 Å². The summed E-state index contributed by atoms with van der Waals surface area (Å²) < 4.78 is 77.7. The number of methoxy groups -OCH3 is 3. The Morgan fingerprint density at radius 3 is 1.03 bits per heavy atom. The Morgan fingerprint density at radius 1 is 0.425 bits per heavy atom. The first-order valence-electron chi connectivity index (χ1n) is 47.5. The standard InChI is InChI=1S/C38H49FN2O5.C33H41FN2O3.C25H34FNO2.C13H17NO4.BH.U/c1-6-27-12-9-14-29(24-27)34-32(16-11-17-33(34)39)38(44,20-7-8-23-45-5)31-18-21-41(22-19-31)35(42)30-15-10-13-28(25-30)26-40-36(43)46-37(2,3)4;1-3-24-9-6-11-26(21-24)31-29(13-8-14-30(31)34)33(38,17-4-5-20-39-2)28-15-18-36(19-16-28)32(37)27-12-7-10-25(22-27)23-35;1-3-19-8-6-9-20(18-19)24-22(10-7-11-23(24)26)25(28,14-4-5-17-29-2)21-12-15-27-16-13-21;1-13(2,3)18-12(17)14-8-9-5-4-6-10(7-9)11(15)16;;/h9-17,24-25,31,44H,6-8,18-23,26H2,1-5H3,(H,40,43);6-14,21-22,28,38H,3-5,15-20,23,35H2,1-2H3;6-11,18,21,27-28H,3-5,12-17H2,1-2H3;4-7H,8H2,1-3H3,(H,14,17)(H,15,16);1H;/i;;;;1T;. The number of likely N-dealkylation sites (tertiary alicyclic amines) is 2. The van der Waals surface area contributed by atoms with Crippen LogP contribution in [0, 0.1) is 66.3 Å². The first-order chi connectivity index (χ1) is 64.2. The molecule has 0 spiro atoms. The number of carbonyl (C=O) groups is 5. The van der Waals surface area contributed by atoms with Crippen LogP contribution < -0.4 is 21.7 Å². The van der Waals surface area contributed by atoms with E-state index >= 15 is 13.2 Å². The maximum absolute atomic E-state index is 15.7. The number of carboxylic acids is 1. The molecular weight excluding hydrogens is 1920 g/mol. The first kappa shape index (κ1) is 110. The smallest absolute Gasteiger partial charge is 0.407 e. The van der Waals surface area contributed by atoms with E-state index in [0.29, 0.717) is 142 Å². The van der Waals surface area contributed by atoms with Crippen molar-refractivity contribution in [2.75, 3.05) is 80.4 Å². The van der Waals surface area contributed by atoms with Crippen LogP contribution in [0.25, 0.3) is 33.4 Å². The molecule has 0 aromatic heterocycles. The van der Waals surface area contributed by atoms with Crippen LogP contribution in [0.1, 0.15) is 240 Å². The number of aliphatic hydroxyl groups is 3. The fraction of sp³-hybridized carbons (Fsp3) is 0.459. The molecule has 0 bridgehead atoms. The minimum atomic E-state index is -1.28. The number of carboxylic acid groups (broad SMARTS) is 1. The number of amides is 4. The van der Waals surface area contributed by atoms with E-state index in [2.05, 4.69) is 57.2 Å². The second-order valence-electron chi connectivity index (χ2n) is 36.7. The zero-order valence-corrected chi connectivity index (χ0v) is 84.7. The number of ether oxygens (including phenoxy) is 5. The van der Waals surface area contributed by atoms with Crippen molar-refractivity contribution in [3.63, 3.8) is 0 Å². The predicted octanol–water partition coefficient (Wildman–Crippen LogP) is 20.5. The maximum Gasteiger partial charge on any atom is 0.407 e. The summed E-state index contributed by atoms with van der Waals surface area (Å²) in [6.07, 6.45) is 12.1. The average Bonchev–Trinajstić information content (AvgIpc) is 0.766. The molecule has 2 radical (unpaired) electrons. The van der Waals surface area contributed by atoms with Crippen molar-refractivity contribution in [3.05, 3.63) is 284 Å². The molecule has 25 heteroatoms. The summed E-state index contributed by atoms with van der Waals surface area (Å²) in [7, 11) is 8.79. The summed E-state index contributed by atoms with van der Waals surface area (Å²) in [4.78, 5) is 64.8. The van der Waals surface area contributed by atoms with Gasteiger partial charge in [0.2, 0.25) is 0 Å². The molecule has 0 aliphatic carbocycles. The number of aryl methyl sites for hydroxylation is 3. The number of aromatic carboxylic acids is 1. The average molecular weight is 2070 g/mol. The van der Waals surface area contributed by atoms with E-state index in [9.17, 15) is 39.3 Å². The Labute approximate surface area is 819 Å². The van der Waals surface area contributed by atoms with Crippen LogP contribution in [0.4, 0.5) is 22.8 Å². The first-order valence-corrected chi connectivity index (χ1v) is 47.0. The maximum atomic E-state index is 15.7. The molecule has 12 rings (SSSR count). The fourth-order valence-corrected chi connectivity index (χ4v) is 18.2. The Hall–Kier alpha value is -9.48. The third kappa shape index (κ3) is 32.1. The number of carbonyl (C=O) groups excluding carboxylic acids is 4. The quantitative estimate of drug-likeness (QED) is 0.0135. The van der Waals surface area contributed by atoms with E-state index < -0.39 is 46.2 Å². The number of nitrogens with one attached hydrogen (secondary N) is 3. The van der Waals surface area contributed by atoms with Crippen molar-refractivity contribution in [2.24, 2.45) is 23.5 Å². The van der Waals surface area contributed by atoms with Crippen LogP contribution in [0.15, 0.2) is 200 Å². The van der Waals surface area contributed by atoms with Crippen molar-refractivity contribution in [1.29, 1.82) is 1.34 Å². The van der Waals surface area contributed by atoms with Crippen molar-refractivity contribution >= 4 is 38.3 Å². The van der Waals surface area contributed by atoms with Gasteiger partial charge < -0.3 is 75.6 Å². The van der Waals surface area contributed by atoms with Crippen LogP contribution in [0.5, 0.6) is 0 Å². The molecule has 134 heavy (non-hydrogen) atoms. The van der Waals surface area contributed by atoms with E-state index in [0.717, 1.165) is 128 Å². The number of nitrogens with two attached hydrogens (primary N) is 1. The number of rotatable bonds is 35. The van der Waals surface area contributed by atoms with Crippen molar-refractivity contribution < 1.29 is 112 Å². The number of hydrogen-bond acceptors (Lipinski definition) is 15. The third-order valence-electron chi connectivity index (χ3n) is 25.1. The Morgan fingerprint density at radius 2 is 0.716 bits per heavy atom. The SMILES string of the molecule is CC(C)(C)OC(=O)NCc1cccc(C(=O)O)c1.CCc1cccc(-c2c(F)cccc2C(O)(CCCCOC)C2CCN(C(=O)c3cccc(CN)c3)CC2)c1.CCc1cccc(-c2c(F)cccc2C(O)(CCCCOC)C2CCN(C(=O)c3cccc(CNC(=O)OC(C)(C)C)c3)CC2)c1.CCc1cccc(-c2c(F)cccc2C(O)(CCCCOC)C2CCNCC2)c1.[3H][B].[U]. The molecule has 3 atom stereocenters. The van der Waals surface area contributed by atoms with Crippen LogP contribution in [-0.2, 0) is 79.4 Å². The van der Waals surface area contributed by atoms with Gasteiger partial charge in [0.15, 0.2) is 0 Å². The molecule has 3 heterocycles. The minimum absolute atomic E-state index is 0. The molecule has 4 amide bonds. The van der Waals surface area contributed by atoms with Gasteiger partial charge in [-0.25, -0.2) is 27.6 Å². The molecule has 3 aliphatic heterocycles. The molecule has 720 valence electrons. The summed E-state index contributed by atoms with van der Waals surface area (Å²) in [5, 5.41) is 54.7. The van der Waals surface area contributed by atoms with Gasteiger partial charge >= 0.3 is 18.2 Å². The summed E-state index contributed by atoms with van der Waals surface area (Å²) in [6.45, 7) is 23.5. The Balaban J connectivity index is 0.000000254. The minimum Gasteiger partial charge on any atom is -0.478 e. The number of nitrogens with zero attached hydrogens (tertiary/aromatic N) is 2. The van der Waals surface area contributed by atoms with Gasteiger partial charge in [-0.2, -0.15) is 0 Å². The number of halogens is 3. The monoisotopic (exact) mass is 2070 g/mol. The van der Waals surface area contributed by atoms with Gasteiger partial charge in [-0.1, -0.05) is 166 Å². The molecule has 9 aromatic rings. The van der Waals surface area contributed by atoms with Crippen LogP contribution in [-0.4, -0.2) is 162 Å². The number of hydrogen-bond donors (Lipinski definition) is 8.